The molecule has 13 heavy (non-hydrogen) atoms. The third-order valence-electron chi connectivity index (χ3n) is 3.17. The molecule has 1 rings (SSSR count). The van der Waals surface area contributed by atoms with Gasteiger partial charge in [0.1, 0.15) is 5.78 Å². The minimum atomic E-state index is 0.187. The number of Topliss-reactive ketones (excluding diaryl/α,β-unsaturated/α-hetero) is 1. The Balaban J connectivity index is 2.50. The predicted octanol–water partition coefficient (Wildman–Crippen LogP) is 1.85. The Morgan fingerprint density at radius 3 is 2.46 bits per heavy atom. The smallest absolute Gasteiger partial charge is 0.139 e. The number of piperidine rings is 1. The Bertz CT molecular complexity index is 189. The fourth-order valence-electron chi connectivity index (χ4n) is 1.95. The van der Waals surface area contributed by atoms with Crippen molar-refractivity contribution in [3.05, 3.63) is 0 Å². The van der Waals surface area contributed by atoms with Crippen molar-refractivity contribution in [3.8, 4) is 0 Å². The van der Waals surface area contributed by atoms with Gasteiger partial charge in [-0.2, -0.15) is 0 Å². The molecule has 1 N–H and O–H groups in total. The second-order valence-corrected chi connectivity index (χ2v) is 4.66. The molecule has 0 bridgehead atoms. The molecule has 0 aliphatic carbocycles. The first-order valence-corrected chi connectivity index (χ1v) is 5.29. The summed E-state index contributed by atoms with van der Waals surface area (Å²) >= 11 is 0. The van der Waals surface area contributed by atoms with Gasteiger partial charge in [-0.3, -0.25) is 4.79 Å². The molecule has 0 saturated carbocycles. The quantitative estimate of drug-likeness (QED) is 0.708. The van der Waals surface area contributed by atoms with Gasteiger partial charge in [0.05, 0.1) is 0 Å². The van der Waals surface area contributed by atoms with E-state index in [1.54, 1.807) is 0 Å². The van der Waals surface area contributed by atoms with Crippen LogP contribution in [0.15, 0.2) is 0 Å². The van der Waals surface area contributed by atoms with Crippen molar-refractivity contribution < 1.29 is 4.79 Å². The van der Waals surface area contributed by atoms with Crippen molar-refractivity contribution >= 4 is 5.78 Å². The number of ketones is 1. The van der Waals surface area contributed by atoms with Crippen LogP contribution in [0.1, 0.15) is 34.1 Å². The van der Waals surface area contributed by atoms with Gasteiger partial charge in [0.2, 0.25) is 0 Å². The van der Waals surface area contributed by atoms with Crippen molar-refractivity contribution in [2.75, 3.05) is 6.54 Å². The van der Waals surface area contributed by atoms with E-state index in [1.807, 2.05) is 13.8 Å². The van der Waals surface area contributed by atoms with Gasteiger partial charge in [-0.1, -0.05) is 20.8 Å². The first-order valence-electron chi connectivity index (χ1n) is 5.29. The van der Waals surface area contributed by atoms with Crippen molar-refractivity contribution in [2.45, 2.75) is 40.2 Å². The predicted molar refractivity (Wildman–Crippen MR) is 54.6 cm³/mol. The highest BCUT2D eigenvalue weighted by Gasteiger charge is 2.29. The molecule has 0 radical (unpaired) electrons. The molecule has 1 heterocycles. The van der Waals surface area contributed by atoms with E-state index < -0.39 is 0 Å². The summed E-state index contributed by atoms with van der Waals surface area (Å²) in [6.07, 6.45) is 1.06. The minimum absolute atomic E-state index is 0.187. The van der Waals surface area contributed by atoms with Crippen molar-refractivity contribution in [1.29, 1.82) is 0 Å². The van der Waals surface area contributed by atoms with Gasteiger partial charge in [-0.25, -0.2) is 0 Å². The molecule has 1 saturated heterocycles. The van der Waals surface area contributed by atoms with Crippen LogP contribution in [0.2, 0.25) is 0 Å². The van der Waals surface area contributed by atoms with Gasteiger partial charge in [0.15, 0.2) is 0 Å². The molecule has 0 amide bonds. The topological polar surface area (TPSA) is 29.1 Å². The zero-order chi connectivity index (χ0) is 10.0. The first kappa shape index (κ1) is 10.7. The number of carbonyl (C=O) groups is 1. The average Bonchev–Trinajstić information content (AvgIpc) is 2.08. The Labute approximate surface area is 81.1 Å². The monoisotopic (exact) mass is 183 g/mol. The Morgan fingerprint density at radius 1 is 1.38 bits per heavy atom. The highest BCUT2D eigenvalue weighted by Crippen LogP contribution is 2.23. The summed E-state index contributed by atoms with van der Waals surface area (Å²) in [4.78, 5) is 11.7. The van der Waals surface area contributed by atoms with Gasteiger partial charge in [0.25, 0.3) is 0 Å². The molecule has 0 aromatic carbocycles. The summed E-state index contributed by atoms with van der Waals surface area (Å²) in [6, 6.07) is 0.566. The second kappa shape index (κ2) is 4.23. The van der Waals surface area contributed by atoms with Crippen LogP contribution in [0.25, 0.3) is 0 Å². The van der Waals surface area contributed by atoms with Crippen LogP contribution in [0.4, 0.5) is 0 Å². The van der Waals surface area contributed by atoms with Crippen LogP contribution in [-0.4, -0.2) is 18.4 Å². The lowest BCUT2D eigenvalue weighted by Gasteiger charge is -2.33. The van der Waals surface area contributed by atoms with E-state index in [2.05, 4.69) is 19.2 Å². The summed E-state index contributed by atoms with van der Waals surface area (Å²) < 4.78 is 0. The highest BCUT2D eigenvalue weighted by atomic mass is 16.1. The Morgan fingerprint density at radius 2 is 2.00 bits per heavy atom. The Hall–Kier alpha value is -0.370. The number of hydrogen-bond acceptors (Lipinski definition) is 2. The van der Waals surface area contributed by atoms with Crippen LogP contribution < -0.4 is 5.32 Å². The highest BCUT2D eigenvalue weighted by molar-refractivity contribution is 5.83. The zero-order valence-corrected chi connectivity index (χ0v) is 9.13. The van der Waals surface area contributed by atoms with E-state index in [0.717, 1.165) is 13.0 Å². The average molecular weight is 183 g/mol. The van der Waals surface area contributed by atoms with Crippen molar-refractivity contribution in [3.63, 3.8) is 0 Å². The third-order valence-corrected chi connectivity index (χ3v) is 3.17. The normalized spacial score (nSPS) is 35.0. The van der Waals surface area contributed by atoms with E-state index in [-0.39, 0.29) is 11.8 Å². The number of nitrogens with one attached hydrogen (secondary N) is 1. The van der Waals surface area contributed by atoms with Gasteiger partial charge in [-0.15, -0.1) is 0 Å². The minimum Gasteiger partial charge on any atom is -0.313 e. The van der Waals surface area contributed by atoms with Crippen LogP contribution in [-0.2, 0) is 4.79 Å². The summed E-state index contributed by atoms with van der Waals surface area (Å²) in [7, 11) is 0. The molecule has 76 valence electrons. The van der Waals surface area contributed by atoms with Crippen LogP contribution in [0.5, 0.6) is 0 Å². The van der Waals surface area contributed by atoms with E-state index in [9.17, 15) is 4.79 Å². The standard InChI is InChI=1S/C11H21NO/c1-7(2)11(13)10-5-8(3)9(4)12-6-10/h7-10,12H,5-6H2,1-4H3. The molecule has 3 unspecified atom stereocenters. The molecule has 2 nitrogen and oxygen atoms in total. The second-order valence-electron chi connectivity index (χ2n) is 4.66. The maximum absolute atomic E-state index is 11.7. The summed E-state index contributed by atoms with van der Waals surface area (Å²) in [5.41, 5.74) is 0. The van der Waals surface area contributed by atoms with E-state index in [0.29, 0.717) is 17.7 Å². The number of carbonyl (C=O) groups excluding carboxylic acids is 1. The fraction of sp³-hybridized carbons (Fsp3) is 0.909. The zero-order valence-electron chi connectivity index (χ0n) is 9.13. The molecule has 2 heteroatoms. The molecule has 0 aromatic rings. The molecule has 1 fully saturated rings. The van der Waals surface area contributed by atoms with Gasteiger partial charge in [0, 0.05) is 24.4 Å². The van der Waals surface area contributed by atoms with Crippen molar-refractivity contribution in [2.24, 2.45) is 17.8 Å². The van der Waals surface area contributed by atoms with E-state index >= 15 is 0 Å². The van der Waals surface area contributed by atoms with E-state index in [1.165, 1.54) is 0 Å². The summed E-state index contributed by atoms with van der Waals surface area (Å²) in [5.74, 6) is 1.49. The molecular formula is C11H21NO. The molecular weight excluding hydrogens is 162 g/mol. The maximum Gasteiger partial charge on any atom is 0.139 e. The molecule has 1 aliphatic heterocycles. The Kier molecular flexibility index (Phi) is 3.48. The lowest BCUT2D eigenvalue weighted by atomic mass is 9.82. The third kappa shape index (κ3) is 2.53. The van der Waals surface area contributed by atoms with Gasteiger partial charge >= 0.3 is 0 Å². The van der Waals surface area contributed by atoms with E-state index in [4.69, 9.17) is 0 Å². The van der Waals surface area contributed by atoms with Crippen LogP contribution >= 0.6 is 0 Å². The summed E-state index contributed by atoms with van der Waals surface area (Å²) in [5, 5.41) is 3.40. The van der Waals surface area contributed by atoms with Crippen molar-refractivity contribution in [1.82, 2.24) is 5.32 Å². The summed E-state index contributed by atoms with van der Waals surface area (Å²) in [6.45, 7) is 9.27. The van der Waals surface area contributed by atoms with Gasteiger partial charge in [-0.05, 0) is 19.3 Å². The van der Waals surface area contributed by atoms with Crippen LogP contribution in [0, 0.1) is 17.8 Å². The lowest BCUT2D eigenvalue weighted by molar-refractivity contribution is -0.127. The molecule has 0 spiro atoms. The SMILES string of the molecule is CC(C)C(=O)C1CNC(C)C(C)C1. The maximum atomic E-state index is 11.7. The molecule has 1 aliphatic rings. The van der Waals surface area contributed by atoms with Gasteiger partial charge < -0.3 is 5.32 Å². The first-order chi connectivity index (χ1) is 6.02. The molecule has 3 atom stereocenters. The lowest BCUT2D eigenvalue weighted by Crippen LogP contribution is -2.45. The van der Waals surface area contributed by atoms with Crippen LogP contribution in [0.3, 0.4) is 0 Å². The fourth-order valence-corrected chi connectivity index (χ4v) is 1.95. The largest absolute Gasteiger partial charge is 0.313 e. The number of hydrogen-bond donors (Lipinski definition) is 1. The number of rotatable bonds is 2. The molecule has 0 aromatic heterocycles.